The molecule has 0 bridgehead atoms. The molecule has 0 radical (unpaired) electrons. The van der Waals surface area contributed by atoms with Crippen LogP contribution in [0.3, 0.4) is 0 Å². The molecule has 0 spiro atoms. The highest BCUT2D eigenvalue weighted by molar-refractivity contribution is 7.98. The summed E-state index contributed by atoms with van der Waals surface area (Å²) in [7, 11) is 0. The number of aromatic nitrogens is 2. The molecule has 1 aromatic heterocycles. The van der Waals surface area contributed by atoms with Gasteiger partial charge < -0.3 is 0 Å². The predicted octanol–water partition coefficient (Wildman–Crippen LogP) is 4.35. The molecule has 0 aliphatic heterocycles. The van der Waals surface area contributed by atoms with Gasteiger partial charge in [0.25, 0.3) is 0 Å². The van der Waals surface area contributed by atoms with Gasteiger partial charge in [0.1, 0.15) is 11.6 Å². The molecule has 2 aromatic rings. The number of hydrogen-bond donors (Lipinski definition) is 0. The van der Waals surface area contributed by atoms with E-state index in [2.05, 4.69) is 9.97 Å². The Kier molecular flexibility index (Phi) is 4.37. The summed E-state index contributed by atoms with van der Waals surface area (Å²) >= 11 is 12.3. The Morgan fingerprint density at radius 2 is 1.67 bits per heavy atom. The summed E-state index contributed by atoms with van der Waals surface area (Å²) < 4.78 is 26.4. The summed E-state index contributed by atoms with van der Waals surface area (Å²) in [5.74, 6) is -0.680. The van der Waals surface area contributed by atoms with Crippen molar-refractivity contribution in [1.29, 1.82) is 0 Å². The summed E-state index contributed by atoms with van der Waals surface area (Å²) in [6.07, 6.45) is 0. The first-order valence-corrected chi connectivity index (χ1v) is 6.57. The first-order chi connectivity index (χ1) is 8.58. The molecule has 7 heteroatoms. The molecule has 0 atom stereocenters. The zero-order valence-corrected chi connectivity index (χ0v) is 11.2. The van der Waals surface area contributed by atoms with Gasteiger partial charge in [0.2, 0.25) is 0 Å². The maximum Gasteiger partial charge on any atom is 0.197 e. The SMILES string of the molecule is Fc1ccccc1SCc1nc(Cl)c(F)c(Cl)n1. The Balaban J connectivity index is 2.14. The zero-order chi connectivity index (χ0) is 13.1. The number of thioether (sulfide) groups is 1. The molecule has 0 fully saturated rings. The van der Waals surface area contributed by atoms with Gasteiger partial charge in [0.05, 0.1) is 5.75 Å². The number of rotatable bonds is 3. The second-order valence-electron chi connectivity index (χ2n) is 3.25. The van der Waals surface area contributed by atoms with E-state index in [1.54, 1.807) is 18.2 Å². The van der Waals surface area contributed by atoms with Crippen molar-refractivity contribution in [2.75, 3.05) is 0 Å². The molecule has 0 aliphatic rings. The topological polar surface area (TPSA) is 25.8 Å². The fourth-order valence-electron chi connectivity index (χ4n) is 1.20. The van der Waals surface area contributed by atoms with E-state index >= 15 is 0 Å². The van der Waals surface area contributed by atoms with Gasteiger partial charge in [-0.05, 0) is 12.1 Å². The van der Waals surface area contributed by atoms with Gasteiger partial charge >= 0.3 is 0 Å². The molecule has 0 amide bonds. The number of halogens is 4. The van der Waals surface area contributed by atoms with Crippen molar-refractivity contribution in [3.63, 3.8) is 0 Å². The van der Waals surface area contributed by atoms with E-state index in [-0.39, 0.29) is 27.7 Å². The third-order valence-electron chi connectivity index (χ3n) is 2.01. The predicted molar refractivity (Wildman–Crippen MR) is 68.0 cm³/mol. The maximum absolute atomic E-state index is 13.3. The quantitative estimate of drug-likeness (QED) is 0.622. The largest absolute Gasteiger partial charge is 0.217 e. The molecule has 0 aliphatic carbocycles. The lowest BCUT2D eigenvalue weighted by Gasteiger charge is -2.03. The van der Waals surface area contributed by atoms with E-state index in [0.717, 1.165) is 0 Å². The van der Waals surface area contributed by atoms with Gasteiger partial charge in [-0.15, -0.1) is 11.8 Å². The Morgan fingerprint density at radius 1 is 1.06 bits per heavy atom. The first-order valence-electron chi connectivity index (χ1n) is 4.82. The summed E-state index contributed by atoms with van der Waals surface area (Å²) in [6.45, 7) is 0. The van der Waals surface area contributed by atoms with Gasteiger partial charge in [0, 0.05) is 4.90 Å². The number of hydrogen-bond acceptors (Lipinski definition) is 3. The van der Waals surface area contributed by atoms with Gasteiger partial charge in [-0.3, -0.25) is 0 Å². The molecule has 0 unspecified atom stereocenters. The van der Waals surface area contributed by atoms with Crippen molar-refractivity contribution in [3.8, 4) is 0 Å². The Bertz CT molecular complexity index is 558. The highest BCUT2D eigenvalue weighted by atomic mass is 35.5. The molecule has 1 heterocycles. The van der Waals surface area contributed by atoms with E-state index in [9.17, 15) is 8.78 Å². The fourth-order valence-corrected chi connectivity index (χ4v) is 2.42. The molecular weight excluding hydrogens is 301 g/mol. The lowest BCUT2D eigenvalue weighted by atomic mass is 10.3. The van der Waals surface area contributed by atoms with E-state index < -0.39 is 5.82 Å². The minimum atomic E-state index is -0.849. The summed E-state index contributed by atoms with van der Waals surface area (Å²) in [6, 6.07) is 6.30. The lowest BCUT2D eigenvalue weighted by Crippen LogP contribution is -1.97. The van der Waals surface area contributed by atoms with Crippen molar-refractivity contribution < 1.29 is 8.78 Å². The highest BCUT2D eigenvalue weighted by Crippen LogP contribution is 2.26. The Labute approximate surface area is 116 Å². The van der Waals surface area contributed by atoms with Crippen LogP contribution in [0.2, 0.25) is 10.3 Å². The molecule has 18 heavy (non-hydrogen) atoms. The van der Waals surface area contributed by atoms with Crippen LogP contribution >= 0.6 is 35.0 Å². The lowest BCUT2D eigenvalue weighted by molar-refractivity contribution is 0.601. The van der Waals surface area contributed by atoms with Crippen LogP contribution in [0.25, 0.3) is 0 Å². The molecule has 1 aromatic carbocycles. The normalized spacial score (nSPS) is 10.7. The third-order valence-corrected chi connectivity index (χ3v) is 3.56. The van der Waals surface area contributed by atoms with Crippen molar-refractivity contribution in [1.82, 2.24) is 9.97 Å². The monoisotopic (exact) mass is 306 g/mol. The van der Waals surface area contributed by atoms with Gasteiger partial charge in [-0.2, -0.15) is 0 Å². The standard InChI is InChI=1S/C11H6Cl2F2N2S/c12-10-9(15)11(13)17-8(16-10)5-18-7-4-2-1-3-6(7)14/h1-4H,5H2. The smallest absolute Gasteiger partial charge is 0.197 e. The molecular formula is C11H6Cl2F2N2S. The molecule has 94 valence electrons. The van der Waals surface area contributed by atoms with E-state index in [0.29, 0.717) is 4.90 Å². The Morgan fingerprint density at radius 3 is 2.28 bits per heavy atom. The average molecular weight is 307 g/mol. The van der Waals surface area contributed by atoms with Crippen LogP contribution < -0.4 is 0 Å². The van der Waals surface area contributed by atoms with Crippen molar-refractivity contribution in [2.24, 2.45) is 0 Å². The van der Waals surface area contributed by atoms with Crippen molar-refractivity contribution in [3.05, 3.63) is 52.0 Å². The van der Waals surface area contributed by atoms with Crippen LogP contribution in [0, 0.1) is 11.6 Å². The van der Waals surface area contributed by atoms with E-state index in [4.69, 9.17) is 23.2 Å². The van der Waals surface area contributed by atoms with Crippen LogP contribution in [0.1, 0.15) is 5.82 Å². The van der Waals surface area contributed by atoms with Crippen molar-refractivity contribution in [2.45, 2.75) is 10.6 Å². The van der Waals surface area contributed by atoms with E-state index in [1.165, 1.54) is 17.8 Å². The molecule has 2 rings (SSSR count). The highest BCUT2D eigenvalue weighted by Gasteiger charge is 2.11. The first kappa shape index (κ1) is 13.5. The average Bonchev–Trinajstić information content (AvgIpc) is 2.35. The van der Waals surface area contributed by atoms with Gasteiger partial charge in [-0.25, -0.2) is 18.7 Å². The summed E-state index contributed by atoms with van der Waals surface area (Å²) in [5.41, 5.74) is 0. The van der Waals surface area contributed by atoms with Gasteiger partial charge in [0.15, 0.2) is 16.1 Å². The zero-order valence-electron chi connectivity index (χ0n) is 8.83. The minimum Gasteiger partial charge on any atom is -0.217 e. The molecule has 0 saturated carbocycles. The Hall–Kier alpha value is -0.910. The summed E-state index contributed by atoms with van der Waals surface area (Å²) in [4.78, 5) is 7.92. The maximum atomic E-state index is 13.3. The van der Waals surface area contributed by atoms with Crippen molar-refractivity contribution >= 4 is 35.0 Å². The fraction of sp³-hybridized carbons (Fsp3) is 0.0909. The number of benzene rings is 1. The van der Waals surface area contributed by atoms with Crippen LogP contribution in [0.15, 0.2) is 29.2 Å². The van der Waals surface area contributed by atoms with Crippen LogP contribution in [0.4, 0.5) is 8.78 Å². The van der Waals surface area contributed by atoms with Crippen LogP contribution in [0.5, 0.6) is 0 Å². The van der Waals surface area contributed by atoms with E-state index in [1.807, 2.05) is 0 Å². The number of nitrogens with zero attached hydrogens (tertiary/aromatic N) is 2. The third kappa shape index (κ3) is 3.10. The second kappa shape index (κ2) is 5.82. The van der Waals surface area contributed by atoms with Gasteiger partial charge in [-0.1, -0.05) is 35.3 Å². The second-order valence-corrected chi connectivity index (χ2v) is 4.99. The minimum absolute atomic E-state index is 0.250. The van der Waals surface area contributed by atoms with Crippen LogP contribution in [-0.4, -0.2) is 9.97 Å². The summed E-state index contributed by atoms with van der Waals surface area (Å²) in [5, 5.41) is -0.668. The molecule has 0 saturated heterocycles. The molecule has 2 nitrogen and oxygen atoms in total. The van der Waals surface area contributed by atoms with Crippen LogP contribution in [-0.2, 0) is 5.75 Å². The molecule has 0 N–H and O–H groups in total.